The van der Waals surface area contributed by atoms with Crippen molar-refractivity contribution in [1.29, 1.82) is 0 Å². The van der Waals surface area contributed by atoms with Crippen LogP contribution in [-0.2, 0) is 21.1 Å². The molecule has 6 heterocycles. The molecule has 4 amide bonds. The lowest BCUT2D eigenvalue weighted by Crippen LogP contribution is -2.34. The molecule has 8 aromatic rings. The van der Waals surface area contributed by atoms with Gasteiger partial charge < -0.3 is 21.9 Å². The van der Waals surface area contributed by atoms with E-state index in [1.807, 2.05) is 20.9 Å². The van der Waals surface area contributed by atoms with E-state index in [1.165, 1.54) is 24.7 Å². The molecule has 2 aromatic carbocycles. The summed E-state index contributed by atoms with van der Waals surface area (Å²) in [5.74, 6) is -2.13. The van der Waals surface area contributed by atoms with E-state index in [9.17, 15) is 19.2 Å². The number of hydrogen-bond donors (Lipinski definition) is 5. The molecule has 7 N–H and O–H groups in total. The van der Waals surface area contributed by atoms with Crippen molar-refractivity contribution in [2.24, 2.45) is 26.9 Å². The second-order valence-electron chi connectivity index (χ2n) is 13.4. The molecule has 0 aliphatic heterocycles. The smallest absolute Gasteiger partial charge is 0.338 e. The number of nitrogen functional groups attached to an aromatic ring is 1. The maximum Gasteiger partial charge on any atom is 0.338 e. The zero-order valence-electron chi connectivity index (χ0n) is 34.0. The highest BCUT2D eigenvalue weighted by Crippen LogP contribution is 2.28. The molecule has 0 aliphatic carbocycles. The molecule has 0 saturated carbocycles. The van der Waals surface area contributed by atoms with Gasteiger partial charge in [-0.3, -0.25) is 29.0 Å². The minimum atomic E-state index is -1.09. The molecule has 0 radical (unpaired) electrons. The van der Waals surface area contributed by atoms with Crippen LogP contribution in [-0.4, -0.2) is 73.2 Å². The molecule has 0 bridgehead atoms. The van der Waals surface area contributed by atoms with E-state index in [4.69, 9.17) is 74.6 Å². The summed E-state index contributed by atoms with van der Waals surface area (Å²) in [4.78, 5) is 58.3. The third-order valence-corrected chi connectivity index (χ3v) is 10.7. The minimum Gasteiger partial charge on any atom is -0.478 e. The zero-order valence-corrected chi connectivity index (χ0v) is 37.8. The minimum absolute atomic E-state index is 0.000247. The Morgan fingerprint density at radius 2 is 1.13 bits per heavy atom. The number of aromatic nitrogens is 9. The SMILES string of the molecule is Cc1nn(C)c2ncc(C(=O)NC(=O)Nc3ccc(Cl)c(Cl)c3)cc12.Cc1nn(C)c2ncc(C(=O)O)c(Cl)c12.Cc1nn(C)c2ncc(C(N)=O)cc12.Nc1ccc(Cl)c(Cl)c1. The molecule has 23 heteroatoms. The standard InChI is InChI=1S/C16H13Cl2N5O2.C9H8ClN3O2.C9H10N4O.C6H5Cl2N/c1-8-11-5-9(7-19-14(11)23(2)22-8)15(24)21-16(25)20-10-3-4-12(17)13(18)6-10;1-4-6-7(10)5(9(14)15)3-11-8(6)13(2)12-4;1-5-7-3-6(8(10)14)4-11-9(7)13(2)12-5;7-5-2-1-4(9)3-6(5)8/h3-7H,1-2H3,(H2,20,21,24,25);3H,1-2H3,(H,14,15);3-4H,1-2H3,(H2,10,14);1-3H,9H2. The first-order chi connectivity index (χ1) is 29.7. The number of anilines is 2. The molecule has 0 spiro atoms. The molecule has 6 aromatic heterocycles. The quantitative estimate of drug-likeness (QED) is 0.105. The molecule has 63 heavy (non-hydrogen) atoms. The van der Waals surface area contributed by atoms with E-state index in [0.29, 0.717) is 59.4 Å². The third kappa shape index (κ3) is 11.3. The number of imide groups is 1. The van der Waals surface area contributed by atoms with Crippen LogP contribution in [0, 0.1) is 20.8 Å². The van der Waals surface area contributed by atoms with Crippen LogP contribution in [0.2, 0.25) is 25.1 Å². The number of nitrogens with zero attached hydrogens (tertiary/aromatic N) is 9. The van der Waals surface area contributed by atoms with Gasteiger partial charge in [-0.15, -0.1) is 0 Å². The Labute approximate surface area is 383 Å². The zero-order chi connectivity index (χ0) is 46.4. The van der Waals surface area contributed by atoms with E-state index in [1.54, 1.807) is 77.5 Å². The van der Waals surface area contributed by atoms with Crippen LogP contribution in [0.4, 0.5) is 16.2 Å². The summed E-state index contributed by atoms with van der Waals surface area (Å²) < 4.78 is 4.88. The second kappa shape index (κ2) is 20.1. The highest BCUT2D eigenvalue weighted by atomic mass is 35.5. The first kappa shape index (κ1) is 47.5. The Kier molecular flexibility index (Phi) is 15.1. The lowest BCUT2D eigenvalue weighted by Gasteiger charge is -2.07. The highest BCUT2D eigenvalue weighted by molar-refractivity contribution is 6.42. The van der Waals surface area contributed by atoms with E-state index in [2.05, 4.69) is 40.9 Å². The van der Waals surface area contributed by atoms with Crippen molar-refractivity contribution in [2.45, 2.75) is 20.8 Å². The summed E-state index contributed by atoms with van der Waals surface area (Å²) in [5.41, 5.74) is 16.5. The van der Waals surface area contributed by atoms with Crippen LogP contribution in [0.1, 0.15) is 48.2 Å². The van der Waals surface area contributed by atoms with E-state index >= 15 is 0 Å². The van der Waals surface area contributed by atoms with Crippen LogP contribution < -0.4 is 22.1 Å². The average molecular weight is 956 g/mol. The number of nitrogens with one attached hydrogen (secondary N) is 2. The number of urea groups is 1. The number of carboxylic acid groups (broad SMARTS) is 1. The number of halogens is 5. The van der Waals surface area contributed by atoms with Gasteiger partial charge in [-0.2, -0.15) is 15.3 Å². The van der Waals surface area contributed by atoms with Gasteiger partial charge in [0, 0.05) is 61.9 Å². The number of aromatic carboxylic acids is 1. The van der Waals surface area contributed by atoms with Crippen molar-refractivity contribution in [1.82, 2.24) is 49.6 Å². The fourth-order valence-corrected chi connectivity index (χ4v) is 6.77. The number of benzene rings is 2. The number of hydrogen-bond acceptors (Lipinski definition) is 11. The lowest BCUT2D eigenvalue weighted by molar-refractivity contribution is 0.0696. The number of primary amides is 1. The Balaban J connectivity index is 0.000000169. The Hall–Kier alpha value is -6.57. The molecular formula is C40H36Cl5N13O5. The van der Waals surface area contributed by atoms with E-state index < -0.39 is 23.8 Å². The number of carbonyl (C=O) groups excluding carboxylic acids is 3. The van der Waals surface area contributed by atoms with Gasteiger partial charge in [0.25, 0.3) is 5.91 Å². The maximum atomic E-state index is 12.2. The summed E-state index contributed by atoms with van der Waals surface area (Å²) in [7, 11) is 5.32. The van der Waals surface area contributed by atoms with Crippen molar-refractivity contribution < 1.29 is 24.3 Å². The molecule has 326 valence electrons. The molecule has 0 aliphatic rings. The van der Waals surface area contributed by atoms with Crippen molar-refractivity contribution in [3.63, 3.8) is 0 Å². The van der Waals surface area contributed by atoms with Crippen molar-refractivity contribution in [2.75, 3.05) is 11.1 Å². The number of nitrogens with two attached hydrogens (primary N) is 2. The van der Waals surface area contributed by atoms with Crippen LogP contribution in [0.3, 0.4) is 0 Å². The molecule has 0 saturated heterocycles. The number of rotatable bonds is 4. The van der Waals surface area contributed by atoms with Gasteiger partial charge in [-0.05, 0) is 69.3 Å². The number of pyridine rings is 3. The van der Waals surface area contributed by atoms with Crippen LogP contribution in [0.5, 0.6) is 0 Å². The lowest BCUT2D eigenvalue weighted by atomic mass is 10.2. The van der Waals surface area contributed by atoms with E-state index in [-0.39, 0.29) is 16.1 Å². The van der Waals surface area contributed by atoms with Crippen molar-refractivity contribution >= 4 is 126 Å². The topological polar surface area (TPSA) is 257 Å². The van der Waals surface area contributed by atoms with Crippen LogP contribution in [0.25, 0.3) is 33.1 Å². The normalized spacial score (nSPS) is 10.6. The summed E-state index contributed by atoms with van der Waals surface area (Å²) in [6.07, 6.45) is 4.10. The largest absolute Gasteiger partial charge is 0.478 e. The Morgan fingerprint density at radius 1 is 0.635 bits per heavy atom. The van der Waals surface area contributed by atoms with Gasteiger partial charge in [-0.25, -0.2) is 24.5 Å². The third-order valence-electron chi connectivity index (χ3n) is 8.82. The molecule has 18 nitrogen and oxygen atoms in total. The number of aryl methyl sites for hydroxylation is 6. The van der Waals surface area contributed by atoms with Crippen molar-refractivity contribution in [3.8, 4) is 0 Å². The number of carbonyl (C=O) groups is 4. The monoisotopic (exact) mass is 953 g/mol. The van der Waals surface area contributed by atoms with Crippen molar-refractivity contribution in [3.05, 3.63) is 126 Å². The van der Waals surface area contributed by atoms with Gasteiger partial charge in [0.05, 0.1) is 64.3 Å². The maximum absolute atomic E-state index is 12.2. The second-order valence-corrected chi connectivity index (χ2v) is 15.4. The first-order valence-electron chi connectivity index (χ1n) is 18.0. The predicted molar refractivity (Wildman–Crippen MR) is 244 cm³/mol. The van der Waals surface area contributed by atoms with Gasteiger partial charge >= 0.3 is 12.0 Å². The molecule has 8 rings (SSSR count). The van der Waals surface area contributed by atoms with Crippen LogP contribution in [0.15, 0.2) is 67.1 Å². The molecule has 0 fully saturated rings. The van der Waals surface area contributed by atoms with E-state index in [0.717, 1.165) is 27.8 Å². The summed E-state index contributed by atoms with van der Waals surface area (Å²) >= 11 is 28.9. The summed E-state index contributed by atoms with van der Waals surface area (Å²) in [5, 5.41) is 30.3. The Morgan fingerprint density at radius 3 is 1.65 bits per heavy atom. The predicted octanol–water partition coefficient (Wildman–Crippen LogP) is 8.12. The fourth-order valence-electron chi connectivity index (χ4n) is 5.82. The number of fused-ring (bicyclic) bond motifs is 3. The summed E-state index contributed by atoms with van der Waals surface area (Å²) in [6, 6.07) is 12.3. The van der Waals surface area contributed by atoms with Gasteiger partial charge in [0.2, 0.25) is 5.91 Å². The average Bonchev–Trinajstić information content (AvgIpc) is 3.81. The van der Waals surface area contributed by atoms with Gasteiger partial charge in [-0.1, -0.05) is 58.0 Å². The van der Waals surface area contributed by atoms with Gasteiger partial charge in [0.1, 0.15) is 0 Å². The van der Waals surface area contributed by atoms with Crippen LogP contribution >= 0.6 is 58.0 Å². The molecule has 0 atom stereocenters. The Bertz CT molecular complexity index is 3080. The number of carboxylic acids is 1. The molecular weight excluding hydrogens is 920 g/mol. The summed E-state index contributed by atoms with van der Waals surface area (Å²) in [6.45, 7) is 5.46. The fraction of sp³-hybridized carbons (Fsp3) is 0.150. The highest BCUT2D eigenvalue weighted by Gasteiger charge is 2.18. The first-order valence-corrected chi connectivity index (χ1v) is 19.9. The number of amides is 4. The molecule has 0 unspecified atom stereocenters. The van der Waals surface area contributed by atoms with Gasteiger partial charge in [0.15, 0.2) is 16.9 Å².